The summed E-state index contributed by atoms with van der Waals surface area (Å²) >= 11 is 0. The van der Waals surface area contributed by atoms with Crippen LogP contribution in [0.2, 0.25) is 0 Å². The van der Waals surface area contributed by atoms with Crippen molar-refractivity contribution in [2.24, 2.45) is 5.92 Å². The molecule has 1 aromatic carbocycles. The van der Waals surface area contributed by atoms with Crippen molar-refractivity contribution in [3.05, 3.63) is 29.3 Å². The fourth-order valence-electron chi connectivity index (χ4n) is 3.31. The molecular formula is C17H25F2N. The SMILES string of the molecule is CCCCC[C@H]1CC[C@H](c2cc(F)c(N)c(F)c2)CC1. The van der Waals surface area contributed by atoms with Gasteiger partial charge >= 0.3 is 0 Å². The van der Waals surface area contributed by atoms with E-state index in [0.29, 0.717) is 5.92 Å². The van der Waals surface area contributed by atoms with Gasteiger partial charge in [-0.05, 0) is 55.2 Å². The van der Waals surface area contributed by atoms with Crippen molar-refractivity contribution < 1.29 is 8.78 Å². The number of unbranched alkanes of at least 4 members (excludes halogenated alkanes) is 2. The van der Waals surface area contributed by atoms with E-state index >= 15 is 0 Å². The Morgan fingerprint density at radius 2 is 1.65 bits per heavy atom. The van der Waals surface area contributed by atoms with Crippen LogP contribution in [0.4, 0.5) is 14.5 Å². The highest BCUT2D eigenvalue weighted by molar-refractivity contribution is 5.44. The van der Waals surface area contributed by atoms with Crippen molar-refractivity contribution >= 4 is 5.69 Å². The molecule has 3 heteroatoms. The molecule has 0 atom stereocenters. The Hall–Kier alpha value is -1.12. The van der Waals surface area contributed by atoms with Gasteiger partial charge in [0.25, 0.3) is 0 Å². The minimum Gasteiger partial charge on any atom is -0.394 e. The maximum atomic E-state index is 13.5. The summed E-state index contributed by atoms with van der Waals surface area (Å²) in [5.41, 5.74) is 5.74. The number of benzene rings is 1. The first-order valence-electron chi connectivity index (χ1n) is 7.86. The normalized spacial score (nSPS) is 22.9. The highest BCUT2D eigenvalue weighted by Crippen LogP contribution is 2.38. The van der Waals surface area contributed by atoms with Crippen LogP contribution in [0.5, 0.6) is 0 Å². The number of anilines is 1. The fraction of sp³-hybridized carbons (Fsp3) is 0.647. The Labute approximate surface area is 120 Å². The number of hydrogen-bond donors (Lipinski definition) is 1. The molecule has 20 heavy (non-hydrogen) atoms. The third-order valence-electron chi connectivity index (χ3n) is 4.64. The lowest BCUT2D eigenvalue weighted by molar-refractivity contribution is 0.302. The minimum absolute atomic E-state index is 0.294. The van der Waals surface area contributed by atoms with Crippen LogP contribution in [-0.2, 0) is 0 Å². The summed E-state index contributed by atoms with van der Waals surface area (Å²) in [4.78, 5) is 0. The van der Waals surface area contributed by atoms with E-state index in [1.165, 1.54) is 50.7 Å². The van der Waals surface area contributed by atoms with Crippen molar-refractivity contribution in [2.45, 2.75) is 64.2 Å². The Bertz CT molecular complexity index is 414. The highest BCUT2D eigenvalue weighted by atomic mass is 19.1. The van der Waals surface area contributed by atoms with Gasteiger partial charge in [-0.25, -0.2) is 8.78 Å². The van der Waals surface area contributed by atoms with E-state index in [1.54, 1.807) is 0 Å². The Kier molecular flexibility index (Phi) is 5.38. The Morgan fingerprint density at radius 3 is 2.20 bits per heavy atom. The summed E-state index contributed by atoms with van der Waals surface area (Å²) in [7, 11) is 0. The van der Waals surface area contributed by atoms with Gasteiger partial charge in [-0.15, -0.1) is 0 Å². The molecule has 2 rings (SSSR count). The van der Waals surface area contributed by atoms with Gasteiger partial charge in [0, 0.05) is 0 Å². The van der Waals surface area contributed by atoms with Gasteiger partial charge in [0.2, 0.25) is 0 Å². The van der Waals surface area contributed by atoms with Crippen LogP contribution in [0.25, 0.3) is 0 Å². The number of nitrogens with two attached hydrogens (primary N) is 1. The van der Waals surface area contributed by atoms with Crippen molar-refractivity contribution in [3.8, 4) is 0 Å². The molecule has 1 aromatic rings. The van der Waals surface area contributed by atoms with Crippen molar-refractivity contribution in [1.82, 2.24) is 0 Å². The maximum absolute atomic E-state index is 13.5. The van der Waals surface area contributed by atoms with E-state index in [1.807, 2.05) is 0 Å². The summed E-state index contributed by atoms with van der Waals surface area (Å²) in [6, 6.07) is 2.83. The molecule has 0 aliphatic heterocycles. The molecule has 0 unspecified atom stereocenters. The van der Waals surface area contributed by atoms with Crippen LogP contribution in [0, 0.1) is 17.6 Å². The van der Waals surface area contributed by atoms with Gasteiger partial charge in [0.05, 0.1) is 0 Å². The van der Waals surface area contributed by atoms with Crippen molar-refractivity contribution in [2.75, 3.05) is 5.73 Å². The second kappa shape index (κ2) is 7.05. The molecule has 0 aromatic heterocycles. The first kappa shape index (κ1) is 15.3. The lowest BCUT2D eigenvalue weighted by Gasteiger charge is -2.29. The summed E-state index contributed by atoms with van der Waals surface area (Å²) in [6.45, 7) is 2.22. The molecule has 0 amide bonds. The van der Waals surface area contributed by atoms with Crippen LogP contribution in [0.15, 0.2) is 12.1 Å². The molecule has 1 nitrogen and oxygen atoms in total. The van der Waals surface area contributed by atoms with Gasteiger partial charge in [0.15, 0.2) is 0 Å². The lowest BCUT2D eigenvalue weighted by atomic mass is 9.77. The minimum atomic E-state index is -0.620. The zero-order valence-electron chi connectivity index (χ0n) is 12.3. The number of hydrogen-bond acceptors (Lipinski definition) is 1. The average Bonchev–Trinajstić information content (AvgIpc) is 2.45. The quantitative estimate of drug-likeness (QED) is 0.567. The Balaban J connectivity index is 1.90. The molecule has 0 radical (unpaired) electrons. The lowest BCUT2D eigenvalue weighted by Crippen LogP contribution is -2.14. The topological polar surface area (TPSA) is 26.0 Å². The van der Waals surface area contributed by atoms with Crippen LogP contribution in [-0.4, -0.2) is 0 Å². The molecule has 1 aliphatic rings. The van der Waals surface area contributed by atoms with Crippen molar-refractivity contribution in [3.63, 3.8) is 0 Å². The Morgan fingerprint density at radius 1 is 1.05 bits per heavy atom. The molecule has 1 fully saturated rings. The predicted octanol–water partition coefficient (Wildman–Crippen LogP) is 5.40. The largest absolute Gasteiger partial charge is 0.394 e. The molecule has 2 N–H and O–H groups in total. The first-order valence-corrected chi connectivity index (χ1v) is 7.86. The second-order valence-electron chi connectivity index (χ2n) is 6.11. The molecule has 0 spiro atoms. The highest BCUT2D eigenvalue weighted by Gasteiger charge is 2.23. The molecular weight excluding hydrogens is 256 g/mol. The van der Waals surface area contributed by atoms with Crippen LogP contribution >= 0.6 is 0 Å². The number of halogens is 2. The van der Waals surface area contributed by atoms with Crippen molar-refractivity contribution in [1.29, 1.82) is 0 Å². The second-order valence-corrected chi connectivity index (χ2v) is 6.11. The summed E-state index contributed by atoms with van der Waals surface area (Å²) in [5, 5.41) is 0. The van der Waals surface area contributed by atoms with Crippen LogP contribution in [0.1, 0.15) is 69.8 Å². The van der Waals surface area contributed by atoms with E-state index in [9.17, 15) is 8.78 Å². The van der Waals surface area contributed by atoms with E-state index < -0.39 is 11.6 Å². The predicted molar refractivity (Wildman–Crippen MR) is 79.6 cm³/mol. The summed E-state index contributed by atoms with van der Waals surface area (Å²) in [5.74, 6) is -0.140. The number of rotatable bonds is 5. The molecule has 1 saturated carbocycles. The fourth-order valence-corrected chi connectivity index (χ4v) is 3.31. The monoisotopic (exact) mass is 281 g/mol. The van der Waals surface area contributed by atoms with Crippen LogP contribution in [0.3, 0.4) is 0 Å². The number of nitrogen functional groups attached to an aromatic ring is 1. The average molecular weight is 281 g/mol. The van der Waals surface area contributed by atoms with Gasteiger partial charge in [0.1, 0.15) is 17.3 Å². The van der Waals surface area contributed by atoms with E-state index in [2.05, 4.69) is 6.92 Å². The zero-order chi connectivity index (χ0) is 14.5. The molecule has 112 valence electrons. The van der Waals surface area contributed by atoms with Gasteiger partial charge in [-0.2, -0.15) is 0 Å². The first-order chi connectivity index (χ1) is 9.61. The summed E-state index contributed by atoms with van der Waals surface area (Å²) in [6.07, 6.45) is 9.65. The molecule has 0 saturated heterocycles. The molecule has 1 aliphatic carbocycles. The van der Waals surface area contributed by atoms with Gasteiger partial charge < -0.3 is 5.73 Å². The standard InChI is InChI=1S/C17H25F2N/c1-2-3-4-5-12-6-8-13(9-7-12)14-10-15(18)17(20)16(19)11-14/h10-13H,2-9,20H2,1H3/t12-,13-. The van der Waals surface area contributed by atoms with Crippen LogP contribution < -0.4 is 5.73 Å². The summed E-state index contributed by atoms with van der Waals surface area (Å²) < 4.78 is 27.0. The van der Waals surface area contributed by atoms with E-state index in [0.717, 1.165) is 24.3 Å². The zero-order valence-corrected chi connectivity index (χ0v) is 12.3. The van der Waals surface area contributed by atoms with E-state index in [4.69, 9.17) is 5.73 Å². The van der Waals surface area contributed by atoms with E-state index in [-0.39, 0.29) is 5.69 Å². The molecule has 0 bridgehead atoms. The maximum Gasteiger partial charge on any atom is 0.149 e. The third-order valence-corrected chi connectivity index (χ3v) is 4.64. The van der Waals surface area contributed by atoms with Gasteiger partial charge in [-0.1, -0.05) is 32.6 Å². The molecule has 0 heterocycles. The van der Waals surface area contributed by atoms with Gasteiger partial charge in [-0.3, -0.25) is 0 Å². The smallest absolute Gasteiger partial charge is 0.149 e. The third kappa shape index (κ3) is 3.71.